The minimum atomic E-state index is -0.0258. The van der Waals surface area contributed by atoms with Crippen molar-refractivity contribution in [2.24, 2.45) is 0 Å². The minimum Gasteiger partial charge on any atom is -0.494 e. The molecule has 0 fully saturated rings. The fourth-order valence-corrected chi connectivity index (χ4v) is 2.48. The number of rotatable bonds is 3. The third-order valence-electron chi connectivity index (χ3n) is 3.12. The zero-order valence-corrected chi connectivity index (χ0v) is 11.6. The number of allylic oxidation sites excluding steroid dienone is 1. The van der Waals surface area contributed by atoms with Gasteiger partial charge in [0.15, 0.2) is 0 Å². The molecule has 1 aliphatic rings. The number of nitrogens with one attached hydrogen (secondary N) is 1. The van der Waals surface area contributed by atoms with Crippen LogP contribution in [0.4, 0.5) is 5.69 Å². The molecule has 0 saturated carbocycles. The maximum atomic E-state index is 5.61. The van der Waals surface area contributed by atoms with Crippen molar-refractivity contribution >= 4 is 17.3 Å². The minimum absolute atomic E-state index is 0.0258. The second-order valence-electron chi connectivity index (χ2n) is 5.25. The Balaban J connectivity index is 2.59. The van der Waals surface area contributed by atoms with Gasteiger partial charge in [-0.15, -0.1) is 0 Å². The summed E-state index contributed by atoms with van der Waals surface area (Å²) in [6.45, 7) is 13.1. The van der Waals surface area contributed by atoms with E-state index in [9.17, 15) is 0 Å². The molecule has 2 nitrogen and oxygen atoms in total. The number of hydrogen-bond acceptors (Lipinski definition) is 2. The van der Waals surface area contributed by atoms with E-state index >= 15 is 0 Å². The van der Waals surface area contributed by atoms with Crippen molar-refractivity contribution in [1.29, 1.82) is 0 Å². The fraction of sp³-hybridized carbons (Fsp3) is 0.375. The first-order chi connectivity index (χ1) is 8.46. The Morgan fingerprint density at radius 3 is 2.72 bits per heavy atom. The van der Waals surface area contributed by atoms with E-state index in [2.05, 4.69) is 44.8 Å². The van der Waals surface area contributed by atoms with E-state index in [-0.39, 0.29) is 5.54 Å². The Morgan fingerprint density at radius 1 is 1.39 bits per heavy atom. The van der Waals surface area contributed by atoms with Gasteiger partial charge in [0.2, 0.25) is 0 Å². The molecule has 0 spiro atoms. The van der Waals surface area contributed by atoms with Crippen LogP contribution in [-0.2, 0) is 0 Å². The van der Waals surface area contributed by atoms with Gasteiger partial charge in [-0.2, -0.15) is 0 Å². The van der Waals surface area contributed by atoms with Crippen molar-refractivity contribution in [3.05, 3.63) is 35.9 Å². The van der Waals surface area contributed by atoms with Gasteiger partial charge in [0.1, 0.15) is 5.75 Å². The predicted molar refractivity (Wildman–Crippen MR) is 79.1 cm³/mol. The number of anilines is 1. The van der Waals surface area contributed by atoms with Crippen LogP contribution in [0.3, 0.4) is 0 Å². The van der Waals surface area contributed by atoms with Gasteiger partial charge in [-0.25, -0.2) is 0 Å². The zero-order chi connectivity index (χ0) is 13.3. The highest BCUT2D eigenvalue weighted by molar-refractivity contribution is 5.86. The third kappa shape index (κ3) is 2.28. The van der Waals surface area contributed by atoms with E-state index in [4.69, 9.17) is 4.74 Å². The van der Waals surface area contributed by atoms with Crippen LogP contribution >= 0.6 is 0 Å². The highest BCUT2D eigenvalue weighted by Crippen LogP contribution is 2.39. The highest BCUT2D eigenvalue weighted by atomic mass is 16.5. The summed E-state index contributed by atoms with van der Waals surface area (Å²) in [6, 6.07) is 4.14. The maximum absolute atomic E-state index is 5.61. The number of benzene rings is 1. The summed E-state index contributed by atoms with van der Waals surface area (Å²) >= 11 is 0. The van der Waals surface area contributed by atoms with Gasteiger partial charge >= 0.3 is 0 Å². The van der Waals surface area contributed by atoms with E-state index in [1.165, 1.54) is 11.1 Å². The van der Waals surface area contributed by atoms with E-state index in [1.54, 1.807) is 0 Å². The van der Waals surface area contributed by atoms with Gasteiger partial charge in [0.25, 0.3) is 0 Å². The Bertz CT molecular complexity index is 512. The molecule has 0 bridgehead atoms. The van der Waals surface area contributed by atoms with Crippen LogP contribution in [0, 0.1) is 0 Å². The molecule has 0 aliphatic carbocycles. The molecule has 96 valence electrons. The summed E-state index contributed by atoms with van der Waals surface area (Å²) in [5.41, 5.74) is 4.70. The van der Waals surface area contributed by atoms with Crippen molar-refractivity contribution < 1.29 is 4.74 Å². The lowest BCUT2D eigenvalue weighted by Crippen LogP contribution is -2.32. The molecule has 2 heteroatoms. The summed E-state index contributed by atoms with van der Waals surface area (Å²) in [5, 5.41) is 3.55. The number of hydrogen-bond donors (Lipinski definition) is 1. The average molecular weight is 243 g/mol. The van der Waals surface area contributed by atoms with E-state index in [0.717, 1.165) is 17.0 Å². The van der Waals surface area contributed by atoms with Crippen LogP contribution in [0.15, 0.2) is 24.8 Å². The first kappa shape index (κ1) is 12.7. The van der Waals surface area contributed by atoms with E-state index < -0.39 is 0 Å². The number of ether oxygens (including phenoxy) is 1. The Morgan fingerprint density at radius 2 is 2.11 bits per heavy atom. The van der Waals surface area contributed by atoms with Crippen LogP contribution in [0.2, 0.25) is 0 Å². The molecule has 18 heavy (non-hydrogen) atoms. The van der Waals surface area contributed by atoms with Crippen LogP contribution in [-0.4, -0.2) is 12.1 Å². The molecule has 1 aromatic carbocycles. The average Bonchev–Trinajstić information content (AvgIpc) is 2.28. The van der Waals surface area contributed by atoms with Crippen molar-refractivity contribution in [1.82, 2.24) is 0 Å². The summed E-state index contributed by atoms with van der Waals surface area (Å²) in [6.07, 6.45) is 4.13. The summed E-state index contributed by atoms with van der Waals surface area (Å²) in [4.78, 5) is 0. The molecule has 0 amide bonds. The van der Waals surface area contributed by atoms with Crippen LogP contribution in [0.1, 0.15) is 38.8 Å². The number of fused-ring (bicyclic) bond motifs is 1. The maximum Gasteiger partial charge on any atom is 0.120 e. The monoisotopic (exact) mass is 243 g/mol. The quantitative estimate of drug-likeness (QED) is 0.852. The third-order valence-corrected chi connectivity index (χ3v) is 3.12. The van der Waals surface area contributed by atoms with Gasteiger partial charge in [-0.1, -0.05) is 18.7 Å². The van der Waals surface area contributed by atoms with E-state index in [0.29, 0.717) is 6.61 Å². The van der Waals surface area contributed by atoms with Crippen LogP contribution < -0.4 is 10.1 Å². The summed E-state index contributed by atoms with van der Waals surface area (Å²) < 4.78 is 5.61. The molecule has 0 aromatic heterocycles. The van der Waals surface area contributed by atoms with Gasteiger partial charge in [-0.3, -0.25) is 0 Å². The lowest BCUT2D eigenvalue weighted by molar-refractivity contribution is 0.340. The summed E-state index contributed by atoms with van der Waals surface area (Å²) in [5.74, 6) is 0.903. The van der Waals surface area contributed by atoms with Crippen LogP contribution in [0.25, 0.3) is 11.6 Å². The fourth-order valence-electron chi connectivity index (χ4n) is 2.48. The molecular weight excluding hydrogens is 222 g/mol. The van der Waals surface area contributed by atoms with Crippen molar-refractivity contribution in [2.45, 2.75) is 33.2 Å². The first-order valence-corrected chi connectivity index (χ1v) is 6.38. The summed E-state index contributed by atoms with van der Waals surface area (Å²) in [7, 11) is 0. The van der Waals surface area contributed by atoms with Gasteiger partial charge in [0.05, 0.1) is 12.1 Å². The molecule has 0 radical (unpaired) electrons. The molecule has 2 rings (SSSR count). The Kier molecular flexibility index (Phi) is 3.20. The van der Waals surface area contributed by atoms with Gasteiger partial charge in [0, 0.05) is 16.8 Å². The topological polar surface area (TPSA) is 21.3 Å². The van der Waals surface area contributed by atoms with Crippen molar-refractivity contribution in [2.75, 3.05) is 11.9 Å². The smallest absolute Gasteiger partial charge is 0.120 e. The molecule has 1 N–H and O–H groups in total. The SMILES string of the molecule is C=Cc1cc(OCC)cc2c1NC(C)(C)C=C2C. The van der Waals surface area contributed by atoms with Crippen molar-refractivity contribution in [3.63, 3.8) is 0 Å². The lowest BCUT2D eigenvalue weighted by atomic mass is 9.89. The second kappa shape index (κ2) is 4.52. The molecule has 1 heterocycles. The highest BCUT2D eigenvalue weighted by Gasteiger charge is 2.24. The van der Waals surface area contributed by atoms with Crippen molar-refractivity contribution in [3.8, 4) is 5.75 Å². The Labute approximate surface area is 109 Å². The largest absolute Gasteiger partial charge is 0.494 e. The molecule has 0 unspecified atom stereocenters. The van der Waals surface area contributed by atoms with Gasteiger partial charge in [-0.05, 0) is 45.4 Å². The van der Waals surface area contributed by atoms with E-state index in [1.807, 2.05) is 19.1 Å². The lowest BCUT2D eigenvalue weighted by Gasteiger charge is -2.33. The zero-order valence-electron chi connectivity index (χ0n) is 11.6. The normalized spacial score (nSPS) is 16.3. The molecular formula is C16H21NO. The van der Waals surface area contributed by atoms with Crippen LogP contribution in [0.5, 0.6) is 5.75 Å². The standard InChI is InChI=1S/C16H21NO/c1-6-12-8-13(18-7-2)9-14-11(3)10-16(4,5)17-15(12)14/h6,8-10,17H,1,7H2,2-5H3. The molecule has 1 aromatic rings. The first-order valence-electron chi connectivity index (χ1n) is 6.38. The Hall–Kier alpha value is -1.70. The predicted octanol–water partition coefficient (Wildman–Crippen LogP) is 4.34. The molecule has 0 saturated heterocycles. The molecule has 0 atom stereocenters. The second-order valence-corrected chi connectivity index (χ2v) is 5.25. The molecule has 1 aliphatic heterocycles. The van der Waals surface area contributed by atoms with Gasteiger partial charge < -0.3 is 10.1 Å².